The minimum absolute atomic E-state index is 0.480. The van der Waals surface area contributed by atoms with Gasteiger partial charge in [0.1, 0.15) is 6.61 Å². The summed E-state index contributed by atoms with van der Waals surface area (Å²) in [7, 11) is 1.66. The topological polar surface area (TPSA) is 64.5 Å². The number of nitrogens with two attached hydrogens (primary N) is 1. The van der Waals surface area contributed by atoms with E-state index in [1.807, 2.05) is 6.07 Å². The first kappa shape index (κ1) is 14.5. The lowest BCUT2D eigenvalue weighted by molar-refractivity contribution is 0.151. The summed E-state index contributed by atoms with van der Waals surface area (Å²) in [5.74, 6) is 1.42. The van der Waals surface area contributed by atoms with Crippen LogP contribution in [-0.2, 0) is 17.9 Å². The van der Waals surface area contributed by atoms with Gasteiger partial charge in [-0.3, -0.25) is 4.90 Å². The van der Waals surface area contributed by atoms with Crippen LogP contribution in [-0.4, -0.2) is 36.3 Å². The van der Waals surface area contributed by atoms with E-state index in [0.29, 0.717) is 18.6 Å². The van der Waals surface area contributed by atoms with E-state index in [1.54, 1.807) is 7.11 Å². The summed E-state index contributed by atoms with van der Waals surface area (Å²) in [5.41, 5.74) is 6.86. The lowest BCUT2D eigenvalue weighted by atomic mass is 10.0. The second-order valence-electron chi connectivity index (χ2n) is 5.27. The van der Waals surface area contributed by atoms with Gasteiger partial charge in [0, 0.05) is 25.8 Å². The van der Waals surface area contributed by atoms with Gasteiger partial charge in [0.15, 0.2) is 5.76 Å². The minimum Gasteiger partial charge on any atom is -0.377 e. The number of hydrogen-bond acceptors (Lipinski definition) is 5. The van der Waals surface area contributed by atoms with Gasteiger partial charge in [-0.2, -0.15) is 0 Å². The lowest BCUT2D eigenvalue weighted by Gasteiger charge is -2.30. The molecule has 0 bridgehead atoms. The van der Waals surface area contributed by atoms with Crippen LogP contribution in [0.2, 0.25) is 0 Å². The molecule has 0 aliphatic heterocycles. The van der Waals surface area contributed by atoms with Gasteiger partial charge in [-0.05, 0) is 31.8 Å². The van der Waals surface area contributed by atoms with Gasteiger partial charge in [0.05, 0.1) is 5.69 Å². The Kier molecular flexibility index (Phi) is 5.36. The van der Waals surface area contributed by atoms with Crippen molar-refractivity contribution >= 4 is 0 Å². The van der Waals surface area contributed by atoms with Gasteiger partial charge < -0.3 is 15.0 Å². The Bertz CT molecular complexity index is 381. The van der Waals surface area contributed by atoms with Crippen molar-refractivity contribution in [1.29, 1.82) is 0 Å². The van der Waals surface area contributed by atoms with Gasteiger partial charge in [-0.15, -0.1) is 0 Å². The largest absolute Gasteiger partial charge is 0.377 e. The molecule has 2 atom stereocenters. The summed E-state index contributed by atoms with van der Waals surface area (Å²) in [4.78, 5) is 2.47. The second kappa shape index (κ2) is 7.03. The Morgan fingerprint density at radius 1 is 1.53 bits per heavy atom. The molecule has 5 heteroatoms. The number of rotatable bonds is 7. The molecule has 5 nitrogen and oxygen atoms in total. The van der Waals surface area contributed by atoms with Crippen molar-refractivity contribution in [1.82, 2.24) is 10.1 Å². The maximum atomic E-state index is 5.88. The molecule has 0 radical (unpaired) electrons. The zero-order valence-corrected chi connectivity index (χ0v) is 12.0. The van der Waals surface area contributed by atoms with E-state index in [0.717, 1.165) is 31.1 Å². The SMILES string of the molecule is CCN(Cc1cc(COC)on1)C1CCCC1CN. The van der Waals surface area contributed by atoms with Crippen molar-refractivity contribution in [2.75, 3.05) is 20.2 Å². The van der Waals surface area contributed by atoms with E-state index in [9.17, 15) is 0 Å². The normalized spacial score (nSPS) is 23.4. The van der Waals surface area contributed by atoms with E-state index >= 15 is 0 Å². The van der Waals surface area contributed by atoms with Crippen molar-refractivity contribution in [2.24, 2.45) is 11.7 Å². The predicted octanol–water partition coefficient (Wildman–Crippen LogP) is 1.77. The number of aromatic nitrogens is 1. The van der Waals surface area contributed by atoms with Crippen LogP contribution in [0.15, 0.2) is 10.6 Å². The fraction of sp³-hybridized carbons (Fsp3) is 0.786. The monoisotopic (exact) mass is 267 g/mol. The van der Waals surface area contributed by atoms with Crippen LogP contribution in [0.5, 0.6) is 0 Å². The molecule has 2 rings (SSSR count). The molecule has 1 fully saturated rings. The Balaban J connectivity index is 1.97. The molecule has 108 valence electrons. The lowest BCUT2D eigenvalue weighted by Crippen LogP contribution is -2.39. The molecule has 1 aromatic rings. The Morgan fingerprint density at radius 3 is 3.05 bits per heavy atom. The van der Waals surface area contributed by atoms with Crippen molar-refractivity contribution in [2.45, 2.75) is 45.4 Å². The molecule has 1 saturated carbocycles. The number of methoxy groups -OCH3 is 1. The molecule has 1 aliphatic carbocycles. The average Bonchev–Trinajstić information content (AvgIpc) is 3.05. The fourth-order valence-corrected chi connectivity index (χ4v) is 3.09. The molecule has 1 aliphatic rings. The summed E-state index contributed by atoms with van der Waals surface area (Å²) >= 11 is 0. The molecule has 0 aromatic carbocycles. The first-order valence-electron chi connectivity index (χ1n) is 7.16. The van der Waals surface area contributed by atoms with Gasteiger partial charge >= 0.3 is 0 Å². The van der Waals surface area contributed by atoms with Crippen molar-refractivity contribution in [3.05, 3.63) is 17.5 Å². The zero-order chi connectivity index (χ0) is 13.7. The van der Waals surface area contributed by atoms with Gasteiger partial charge in [-0.1, -0.05) is 18.5 Å². The molecule has 0 spiro atoms. The van der Waals surface area contributed by atoms with Crippen LogP contribution in [0.4, 0.5) is 0 Å². The first-order chi connectivity index (χ1) is 9.28. The number of hydrogen-bond donors (Lipinski definition) is 1. The predicted molar refractivity (Wildman–Crippen MR) is 73.5 cm³/mol. The second-order valence-corrected chi connectivity index (χ2v) is 5.27. The fourth-order valence-electron chi connectivity index (χ4n) is 3.09. The molecule has 19 heavy (non-hydrogen) atoms. The Hall–Kier alpha value is -0.910. The molecule has 0 saturated heterocycles. The van der Waals surface area contributed by atoms with Crippen molar-refractivity contribution < 1.29 is 9.26 Å². The van der Waals surface area contributed by atoms with E-state index in [4.69, 9.17) is 15.0 Å². The molecule has 1 heterocycles. The smallest absolute Gasteiger partial charge is 0.162 e. The standard InChI is InChI=1S/C14H25N3O2/c1-3-17(14-6-4-5-11(14)8-15)9-12-7-13(10-18-2)19-16-12/h7,11,14H,3-6,8-10,15H2,1-2H3. The molecule has 1 aromatic heterocycles. The molecule has 2 N–H and O–H groups in total. The highest BCUT2D eigenvalue weighted by Crippen LogP contribution is 2.30. The maximum absolute atomic E-state index is 5.88. The van der Waals surface area contributed by atoms with Crippen LogP contribution in [0, 0.1) is 5.92 Å². The van der Waals surface area contributed by atoms with Gasteiger partial charge in [0.25, 0.3) is 0 Å². The van der Waals surface area contributed by atoms with E-state index < -0.39 is 0 Å². The van der Waals surface area contributed by atoms with E-state index in [2.05, 4.69) is 17.0 Å². The van der Waals surface area contributed by atoms with Crippen LogP contribution >= 0.6 is 0 Å². The highest BCUT2D eigenvalue weighted by molar-refractivity contribution is 5.05. The van der Waals surface area contributed by atoms with Crippen molar-refractivity contribution in [3.8, 4) is 0 Å². The molecular formula is C14H25N3O2. The quantitative estimate of drug-likeness (QED) is 0.815. The van der Waals surface area contributed by atoms with Crippen LogP contribution in [0.1, 0.15) is 37.6 Å². The average molecular weight is 267 g/mol. The third kappa shape index (κ3) is 3.55. The summed E-state index contributed by atoms with van der Waals surface area (Å²) in [5, 5.41) is 4.12. The minimum atomic E-state index is 0.480. The molecular weight excluding hydrogens is 242 g/mol. The zero-order valence-electron chi connectivity index (χ0n) is 12.0. The van der Waals surface area contributed by atoms with Gasteiger partial charge in [-0.25, -0.2) is 0 Å². The summed E-state index contributed by atoms with van der Waals surface area (Å²) < 4.78 is 10.3. The summed E-state index contributed by atoms with van der Waals surface area (Å²) in [6, 6.07) is 2.58. The summed E-state index contributed by atoms with van der Waals surface area (Å²) in [6.07, 6.45) is 3.79. The maximum Gasteiger partial charge on any atom is 0.162 e. The van der Waals surface area contributed by atoms with Crippen molar-refractivity contribution in [3.63, 3.8) is 0 Å². The van der Waals surface area contributed by atoms with E-state index in [-0.39, 0.29) is 0 Å². The Labute approximate surface area is 115 Å². The number of nitrogens with zero attached hydrogens (tertiary/aromatic N) is 2. The van der Waals surface area contributed by atoms with Gasteiger partial charge in [0.2, 0.25) is 0 Å². The third-order valence-corrected chi connectivity index (χ3v) is 4.06. The number of ether oxygens (including phenoxy) is 1. The molecule has 2 unspecified atom stereocenters. The first-order valence-corrected chi connectivity index (χ1v) is 7.16. The Morgan fingerprint density at radius 2 is 2.37 bits per heavy atom. The van der Waals surface area contributed by atoms with E-state index in [1.165, 1.54) is 19.3 Å². The third-order valence-electron chi connectivity index (χ3n) is 4.06. The summed E-state index contributed by atoms with van der Waals surface area (Å²) in [6.45, 7) is 5.32. The van der Waals surface area contributed by atoms with Crippen LogP contribution in [0.3, 0.4) is 0 Å². The van der Waals surface area contributed by atoms with Crippen LogP contribution < -0.4 is 5.73 Å². The highest BCUT2D eigenvalue weighted by Gasteiger charge is 2.30. The molecule has 0 amide bonds. The van der Waals surface area contributed by atoms with Crippen LogP contribution in [0.25, 0.3) is 0 Å². The highest BCUT2D eigenvalue weighted by atomic mass is 16.5.